The lowest BCUT2D eigenvalue weighted by Crippen LogP contribution is -2.30. The summed E-state index contributed by atoms with van der Waals surface area (Å²) >= 11 is 0. The zero-order chi connectivity index (χ0) is 13.2. The van der Waals surface area contributed by atoms with E-state index in [0.717, 1.165) is 11.3 Å². The van der Waals surface area contributed by atoms with Crippen LogP contribution >= 0.6 is 0 Å². The normalized spacial score (nSPS) is 14.4. The molecule has 0 aliphatic heterocycles. The Kier molecular flexibility index (Phi) is 3.48. The average molecular weight is 248 g/mol. The molecular weight excluding hydrogens is 231 g/mol. The van der Waals surface area contributed by atoms with Gasteiger partial charge in [-0.2, -0.15) is 5.10 Å². The fraction of sp³-hybridized carbons (Fsp3) is 0.357. The number of aliphatic hydroxyl groups is 1. The van der Waals surface area contributed by atoms with E-state index in [4.69, 9.17) is 0 Å². The predicted octanol–water partition coefficient (Wildman–Crippen LogP) is 2.10. The van der Waals surface area contributed by atoms with Crippen molar-refractivity contribution in [1.82, 2.24) is 9.78 Å². The van der Waals surface area contributed by atoms with Crippen LogP contribution in [0.1, 0.15) is 18.2 Å². The first-order chi connectivity index (χ1) is 8.44. The molecule has 0 saturated heterocycles. The Morgan fingerprint density at radius 2 is 1.89 bits per heavy atom. The van der Waals surface area contributed by atoms with Crippen LogP contribution in [-0.2, 0) is 19.9 Å². The maximum atomic E-state index is 12.8. The van der Waals surface area contributed by atoms with E-state index in [0.29, 0.717) is 12.8 Å². The maximum Gasteiger partial charge on any atom is 0.123 e. The molecule has 18 heavy (non-hydrogen) atoms. The van der Waals surface area contributed by atoms with Crippen LogP contribution in [0.3, 0.4) is 0 Å². The van der Waals surface area contributed by atoms with Crippen LogP contribution in [-0.4, -0.2) is 20.5 Å². The SMILES string of the molecule is Cn1ccc(CC(C)(O)Cc2ccc(F)cc2)n1. The standard InChI is InChI=1S/C14H17FN2O/c1-14(18,10-13-7-8-17(2)16-13)9-11-3-5-12(15)6-4-11/h3-8,18H,9-10H2,1-2H3. The average Bonchev–Trinajstić information content (AvgIpc) is 2.66. The molecule has 0 fully saturated rings. The van der Waals surface area contributed by atoms with Gasteiger partial charge in [-0.1, -0.05) is 12.1 Å². The van der Waals surface area contributed by atoms with Gasteiger partial charge in [-0.25, -0.2) is 4.39 Å². The van der Waals surface area contributed by atoms with Gasteiger partial charge in [-0.15, -0.1) is 0 Å². The largest absolute Gasteiger partial charge is 0.389 e. The summed E-state index contributed by atoms with van der Waals surface area (Å²) in [5.41, 5.74) is 0.883. The van der Waals surface area contributed by atoms with E-state index in [2.05, 4.69) is 5.10 Å². The van der Waals surface area contributed by atoms with E-state index in [-0.39, 0.29) is 5.82 Å². The summed E-state index contributed by atoms with van der Waals surface area (Å²) in [6.07, 6.45) is 2.80. The van der Waals surface area contributed by atoms with Gasteiger partial charge in [-0.05, 0) is 30.7 Å². The minimum absolute atomic E-state index is 0.261. The Morgan fingerprint density at radius 3 is 2.44 bits per heavy atom. The molecular formula is C14H17FN2O. The molecule has 0 bridgehead atoms. The Balaban J connectivity index is 2.04. The summed E-state index contributed by atoms with van der Waals surface area (Å²) in [5, 5.41) is 14.6. The molecule has 96 valence electrons. The Labute approximate surface area is 106 Å². The fourth-order valence-electron chi connectivity index (χ4n) is 2.05. The smallest absolute Gasteiger partial charge is 0.123 e. The highest BCUT2D eigenvalue weighted by atomic mass is 19.1. The van der Waals surface area contributed by atoms with Crippen molar-refractivity contribution < 1.29 is 9.50 Å². The molecule has 1 aromatic carbocycles. The van der Waals surface area contributed by atoms with Crippen molar-refractivity contribution in [3.05, 3.63) is 53.6 Å². The second-order valence-electron chi connectivity index (χ2n) is 4.96. The van der Waals surface area contributed by atoms with Crippen LogP contribution in [0.4, 0.5) is 4.39 Å². The first kappa shape index (κ1) is 12.8. The number of aryl methyl sites for hydroxylation is 1. The molecule has 0 spiro atoms. The molecule has 0 amide bonds. The lowest BCUT2D eigenvalue weighted by molar-refractivity contribution is 0.0597. The van der Waals surface area contributed by atoms with Crippen molar-refractivity contribution in [1.29, 1.82) is 0 Å². The molecule has 1 heterocycles. The van der Waals surface area contributed by atoms with Crippen molar-refractivity contribution in [2.75, 3.05) is 0 Å². The van der Waals surface area contributed by atoms with Gasteiger partial charge in [0.15, 0.2) is 0 Å². The fourth-order valence-corrected chi connectivity index (χ4v) is 2.05. The lowest BCUT2D eigenvalue weighted by Gasteiger charge is -2.22. The first-order valence-electron chi connectivity index (χ1n) is 5.90. The molecule has 3 nitrogen and oxygen atoms in total. The highest BCUT2D eigenvalue weighted by Crippen LogP contribution is 2.18. The molecule has 0 aliphatic carbocycles. The molecule has 1 aromatic heterocycles. The van der Waals surface area contributed by atoms with Crippen LogP contribution in [0.2, 0.25) is 0 Å². The second-order valence-corrected chi connectivity index (χ2v) is 4.96. The number of rotatable bonds is 4. The van der Waals surface area contributed by atoms with Gasteiger partial charge < -0.3 is 5.11 Å². The summed E-state index contributed by atoms with van der Waals surface area (Å²) < 4.78 is 14.5. The van der Waals surface area contributed by atoms with Crippen LogP contribution in [0.15, 0.2) is 36.5 Å². The zero-order valence-corrected chi connectivity index (χ0v) is 10.6. The van der Waals surface area contributed by atoms with Crippen molar-refractivity contribution in [2.45, 2.75) is 25.4 Å². The molecule has 1 unspecified atom stereocenters. The quantitative estimate of drug-likeness (QED) is 0.899. The zero-order valence-electron chi connectivity index (χ0n) is 10.6. The highest BCUT2D eigenvalue weighted by molar-refractivity contribution is 5.19. The van der Waals surface area contributed by atoms with Gasteiger partial charge in [-0.3, -0.25) is 4.68 Å². The Hall–Kier alpha value is -1.68. The topological polar surface area (TPSA) is 38.0 Å². The summed E-state index contributed by atoms with van der Waals surface area (Å²) in [5.74, 6) is -0.261. The summed E-state index contributed by atoms with van der Waals surface area (Å²) in [4.78, 5) is 0. The van der Waals surface area contributed by atoms with Crippen molar-refractivity contribution in [2.24, 2.45) is 7.05 Å². The van der Waals surface area contributed by atoms with E-state index in [1.165, 1.54) is 12.1 Å². The molecule has 4 heteroatoms. The number of nitrogens with zero attached hydrogens (tertiary/aromatic N) is 2. The number of aromatic nitrogens is 2. The number of halogens is 1. The molecule has 2 aromatic rings. The third-order valence-electron chi connectivity index (χ3n) is 2.83. The molecule has 0 radical (unpaired) electrons. The van der Waals surface area contributed by atoms with E-state index in [1.807, 2.05) is 19.3 Å². The van der Waals surface area contributed by atoms with Gasteiger partial charge in [0.05, 0.1) is 11.3 Å². The third-order valence-corrected chi connectivity index (χ3v) is 2.83. The monoisotopic (exact) mass is 248 g/mol. The molecule has 2 rings (SSSR count). The van der Waals surface area contributed by atoms with Crippen LogP contribution < -0.4 is 0 Å². The van der Waals surface area contributed by atoms with Crippen LogP contribution in [0.25, 0.3) is 0 Å². The lowest BCUT2D eigenvalue weighted by atomic mass is 9.92. The van der Waals surface area contributed by atoms with Gasteiger partial charge >= 0.3 is 0 Å². The van der Waals surface area contributed by atoms with E-state index < -0.39 is 5.60 Å². The highest BCUT2D eigenvalue weighted by Gasteiger charge is 2.22. The Morgan fingerprint density at radius 1 is 1.22 bits per heavy atom. The Bertz CT molecular complexity index is 517. The molecule has 0 aliphatic rings. The number of hydrogen-bond donors (Lipinski definition) is 1. The summed E-state index contributed by atoms with van der Waals surface area (Å²) in [6, 6.07) is 8.10. The number of benzene rings is 1. The van der Waals surface area contributed by atoms with Crippen molar-refractivity contribution in [3.63, 3.8) is 0 Å². The molecule has 0 saturated carbocycles. The van der Waals surface area contributed by atoms with Crippen molar-refractivity contribution in [3.8, 4) is 0 Å². The predicted molar refractivity (Wildman–Crippen MR) is 67.6 cm³/mol. The van der Waals surface area contributed by atoms with Crippen LogP contribution in [0.5, 0.6) is 0 Å². The van der Waals surface area contributed by atoms with E-state index in [1.54, 1.807) is 23.7 Å². The summed E-state index contributed by atoms with van der Waals surface area (Å²) in [6.45, 7) is 1.77. The van der Waals surface area contributed by atoms with Gasteiger partial charge in [0.1, 0.15) is 5.82 Å². The van der Waals surface area contributed by atoms with Crippen LogP contribution in [0, 0.1) is 5.82 Å². The minimum Gasteiger partial charge on any atom is -0.389 e. The maximum absolute atomic E-state index is 12.8. The second kappa shape index (κ2) is 4.90. The minimum atomic E-state index is -0.883. The van der Waals surface area contributed by atoms with Gasteiger partial charge in [0.2, 0.25) is 0 Å². The summed E-state index contributed by atoms with van der Waals surface area (Å²) in [7, 11) is 1.85. The molecule has 1 N–H and O–H groups in total. The van der Waals surface area contributed by atoms with E-state index >= 15 is 0 Å². The van der Waals surface area contributed by atoms with Crippen molar-refractivity contribution >= 4 is 0 Å². The number of hydrogen-bond acceptors (Lipinski definition) is 2. The third kappa shape index (κ3) is 3.40. The first-order valence-corrected chi connectivity index (χ1v) is 5.90. The molecule has 1 atom stereocenters. The van der Waals surface area contributed by atoms with Gasteiger partial charge in [0, 0.05) is 26.1 Å². The van der Waals surface area contributed by atoms with E-state index in [9.17, 15) is 9.50 Å². The van der Waals surface area contributed by atoms with Gasteiger partial charge in [0.25, 0.3) is 0 Å².